The number of hydrogen-bond acceptors (Lipinski definition) is 4. The zero-order valence-corrected chi connectivity index (χ0v) is 11.5. The molecule has 0 aliphatic carbocycles. The number of thiazole rings is 1. The fourth-order valence-corrected chi connectivity index (χ4v) is 2.45. The van der Waals surface area contributed by atoms with Gasteiger partial charge in [0.25, 0.3) is 0 Å². The average molecular weight is 284 g/mol. The molecule has 0 atom stereocenters. The van der Waals surface area contributed by atoms with Crippen molar-refractivity contribution in [2.75, 3.05) is 0 Å². The summed E-state index contributed by atoms with van der Waals surface area (Å²) in [5.74, 6) is -1.88. The van der Waals surface area contributed by atoms with Gasteiger partial charge in [-0.3, -0.25) is 0 Å². The van der Waals surface area contributed by atoms with Crippen molar-refractivity contribution in [3.63, 3.8) is 0 Å². The Morgan fingerprint density at radius 2 is 1.89 bits per heavy atom. The Bertz CT molecular complexity index is 556. The van der Waals surface area contributed by atoms with E-state index >= 15 is 0 Å². The van der Waals surface area contributed by atoms with Crippen molar-refractivity contribution >= 4 is 11.3 Å². The lowest BCUT2D eigenvalue weighted by Gasteiger charge is -2.08. The highest BCUT2D eigenvalue weighted by Crippen LogP contribution is 2.25. The molecule has 0 unspecified atom stereocenters. The molecule has 102 valence electrons. The maximum Gasteiger partial charge on any atom is 0.191 e. The van der Waals surface area contributed by atoms with E-state index in [1.54, 1.807) is 0 Å². The molecule has 1 aromatic heterocycles. The zero-order valence-electron chi connectivity index (χ0n) is 10.7. The molecule has 0 amide bonds. The van der Waals surface area contributed by atoms with Crippen molar-refractivity contribution in [2.24, 2.45) is 5.73 Å². The Labute approximate surface area is 114 Å². The molecule has 0 aliphatic rings. The van der Waals surface area contributed by atoms with Crippen LogP contribution in [-0.2, 0) is 13.2 Å². The van der Waals surface area contributed by atoms with Gasteiger partial charge in [0.05, 0.1) is 5.69 Å². The molecular weight excluding hydrogens is 270 g/mol. The molecule has 0 saturated heterocycles. The predicted molar refractivity (Wildman–Crippen MR) is 70.2 cm³/mol. The first-order valence-corrected chi connectivity index (χ1v) is 6.56. The molecule has 0 bridgehead atoms. The minimum atomic E-state index is -0.745. The van der Waals surface area contributed by atoms with Gasteiger partial charge in [-0.05, 0) is 31.5 Å². The normalized spacial score (nSPS) is 10.8. The Hall–Kier alpha value is -1.53. The number of hydrogen-bond donors (Lipinski definition) is 1. The van der Waals surface area contributed by atoms with E-state index in [4.69, 9.17) is 10.5 Å². The quantitative estimate of drug-likeness (QED) is 0.938. The van der Waals surface area contributed by atoms with Gasteiger partial charge >= 0.3 is 0 Å². The lowest BCUT2D eigenvalue weighted by atomic mass is 10.2. The molecule has 3 nitrogen and oxygen atoms in total. The van der Waals surface area contributed by atoms with Gasteiger partial charge in [0.1, 0.15) is 11.6 Å². The van der Waals surface area contributed by atoms with Crippen LogP contribution in [-0.4, -0.2) is 4.98 Å². The van der Waals surface area contributed by atoms with Gasteiger partial charge in [-0.25, -0.2) is 13.8 Å². The first kappa shape index (κ1) is 13.9. The maximum atomic E-state index is 13.6. The number of nitrogens with two attached hydrogens (primary N) is 1. The molecule has 6 heteroatoms. The van der Waals surface area contributed by atoms with Gasteiger partial charge in [0.15, 0.2) is 17.4 Å². The van der Waals surface area contributed by atoms with E-state index in [1.807, 2.05) is 13.8 Å². The molecule has 0 spiro atoms. The number of aryl methyl sites for hydroxylation is 2. The number of aromatic nitrogens is 1. The fraction of sp³-hybridized carbons (Fsp3) is 0.308. The van der Waals surface area contributed by atoms with Gasteiger partial charge in [0.2, 0.25) is 0 Å². The van der Waals surface area contributed by atoms with Gasteiger partial charge in [0, 0.05) is 11.4 Å². The molecule has 0 saturated carbocycles. The molecule has 0 aliphatic heterocycles. The van der Waals surface area contributed by atoms with Crippen LogP contribution in [0.15, 0.2) is 12.1 Å². The highest BCUT2D eigenvalue weighted by Gasteiger charge is 2.13. The van der Waals surface area contributed by atoms with Crippen molar-refractivity contribution in [3.8, 4) is 5.75 Å². The third-order valence-corrected chi connectivity index (χ3v) is 3.75. The van der Waals surface area contributed by atoms with E-state index in [-0.39, 0.29) is 18.9 Å². The van der Waals surface area contributed by atoms with Crippen LogP contribution < -0.4 is 10.5 Å². The number of nitrogens with zero attached hydrogens (tertiary/aromatic N) is 1. The summed E-state index contributed by atoms with van der Waals surface area (Å²) in [4.78, 5) is 5.31. The lowest BCUT2D eigenvalue weighted by molar-refractivity contribution is 0.273. The summed E-state index contributed by atoms with van der Waals surface area (Å²) < 4.78 is 32.5. The SMILES string of the molecule is Cc1nc(COc2c(F)cc(CN)cc2F)sc1C. The molecule has 1 heterocycles. The van der Waals surface area contributed by atoms with Crippen LogP contribution in [0.3, 0.4) is 0 Å². The van der Waals surface area contributed by atoms with Crippen LogP contribution in [0, 0.1) is 25.5 Å². The van der Waals surface area contributed by atoms with Crippen molar-refractivity contribution in [3.05, 3.63) is 44.9 Å². The van der Waals surface area contributed by atoms with Crippen LogP contribution >= 0.6 is 11.3 Å². The van der Waals surface area contributed by atoms with Crippen molar-refractivity contribution < 1.29 is 13.5 Å². The van der Waals surface area contributed by atoms with Crippen LogP contribution in [0.1, 0.15) is 21.1 Å². The highest BCUT2D eigenvalue weighted by molar-refractivity contribution is 7.11. The van der Waals surface area contributed by atoms with E-state index in [0.717, 1.165) is 10.6 Å². The van der Waals surface area contributed by atoms with Gasteiger partial charge in [-0.1, -0.05) is 0 Å². The summed E-state index contributed by atoms with van der Waals surface area (Å²) in [6.07, 6.45) is 0. The smallest absolute Gasteiger partial charge is 0.191 e. The van der Waals surface area contributed by atoms with Crippen molar-refractivity contribution in [1.29, 1.82) is 0 Å². The number of halogens is 2. The number of rotatable bonds is 4. The molecule has 1 aromatic carbocycles. The highest BCUT2D eigenvalue weighted by atomic mass is 32.1. The Morgan fingerprint density at radius 1 is 1.26 bits per heavy atom. The third kappa shape index (κ3) is 3.08. The first-order chi connectivity index (χ1) is 9.01. The molecular formula is C13H14F2N2OS. The molecule has 2 aromatic rings. The Morgan fingerprint density at radius 3 is 2.37 bits per heavy atom. The van der Waals surface area contributed by atoms with Gasteiger partial charge in [-0.2, -0.15) is 0 Å². The predicted octanol–water partition coefficient (Wildman–Crippen LogP) is 3.08. The molecule has 0 fully saturated rings. The van der Waals surface area contributed by atoms with Crippen molar-refractivity contribution in [2.45, 2.75) is 27.0 Å². The van der Waals surface area contributed by atoms with Crippen LogP contribution in [0.4, 0.5) is 8.78 Å². The molecule has 2 N–H and O–H groups in total. The molecule has 0 radical (unpaired) electrons. The lowest BCUT2D eigenvalue weighted by Crippen LogP contribution is -2.03. The van der Waals surface area contributed by atoms with E-state index in [0.29, 0.717) is 10.6 Å². The summed E-state index contributed by atoms with van der Waals surface area (Å²) in [6.45, 7) is 3.95. The van der Waals surface area contributed by atoms with E-state index in [2.05, 4.69) is 4.98 Å². The summed E-state index contributed by atoms with van der Waals surface area (Å²) in [7, 11) is 0. The summed E-state index contributed by atoms with van der Waals surface area (Å²) in [5, 5.41) is 0.691. The summed E-state index contributed by atoms with van der Waals surface area (Å²) in [5.41, 5.74) is 6.64. The Kier molecular flexibility index (Phi) is 4.11. The summed E-state index contributed by atoms with van der Waals surface area (Å²) in [6, 6.07) is 2.35. The monoisotopic (exact) mass is 284 g/mol. The van der Waals surface area contributed by atoms with E-state index < -0.39 is 11.6 Å². The second-order valence-corrected chi connectivity index (χ2v) is 5.42. The van der Waals surface area contributed by atoms with Crippen LogP contribution in [0.2, 0.25) is 0 Å². The van der Waals surface area contributed by atoms with Gasteiger partial charge in [-0.15, -0.1) is 11.3 Å². The van der Waals surface area contributed by atoms with Crippen LogP contribution in [0.25, 0.3) is 0 Å². The second-order valence-electron chi connectivity index (χ2n) is 4.13. The zero-order chi connectivity index (χ0) is 14.0. The minimum absolute atomic E-state index is 0.0508. The number of ether oxygens (including phenoxy) is 1. The minimum Gasteiger partial charge on any atom is -0.480 e. The van der Waals surface area contributed by atoms with E-state index in [9.17, 15) is 8.78 Å². The van der Waals surface area contributed by atoms with Gasteiger partial charge < -0.3 is 10.5 Å². The maximum absolute atomic E-state index is 13.6. The van der Waals surface area contributed by atoms with Crippen LogP contribution in [0.5, 0.6) is 5.75 Å². The molecule has 2 rings (SSSR count). The fourth-order valence-electron chi connectivity index (χ4n) is 1.60. The van der Waals surface area contributed by atoms with E-state index in [1.165, 1.54) is 23.5 Å². The largest absolute Gasteiger partial charge is 0.480 e. The topological polar surface area (TPSA) is 48.1 Å². The molecule has 19 heavy (non-hydrogen) atoms. The Balaban J connectivity index is 2.15. The summed E-state index contributed by atoms with van der Waals surface area (Å²) >= 11 is 1.45. The average Bonchev–Trinajstić information content (AvgIpc) is 2.67. The number of benzene rings is 1. The van der Waals surface area contributed by atoms with Crippen molar-refractivity contribution in [1.82, 2.24) is 4.98 Å². The first-order valence-electron chi connectivity index (χ1n) is 5.75. The second kappa shape index (κ2) is 5.63. The standard InChI is InChI=1S/C13H14F2N2OS/c1-7-8(2)19-12(17-7)6-18-13-10(14)3-9(5-16)4-11(13)15/h3-4H,5-6,16H2,1-2H3. The third-order valence-electron chi connectivity index (χ3n) is 2.71.